The minimum Gasteiger partial charge on any atom is -0.469 e. The Morgan fingerprint density at radius 1 is 1.24 bits per heavy atom. The summed E-state index contributed by atoms with van der Waals surface area (Å²) in [7, 11) is 1.40. The van der Waals surface area contributed by atoms with E-state index in [9.17, 15) is 9.59 Å². The maximum absolute atomic E-state index is 11.6. The number of hydrogen-bond donors (Lipinski definition) is 0. The van der Waals surface area contributed by atoms with Crippen LogP contribution in [0.25, 0.3) is 0 Å². The lowest BCUT2D eigenvalue weighted by Gasteiger charge is -2.36. The van der Waals surface area contributed by atoms with Crippen molar-refractivity contribution in [1.29, 1.82) is 0 Å². The molecule has 0 aromatic heterocycles. The van der Waals surface area contributed by atoms with Crippen molar-refractivity contribution in [3.63, 3.8) is 0 Å². The molecule has 0 spiro atoms. The molecule has 1 amide bonds. The van der Waals surface area contributed by atoms with Crippen molar-refractivity contribution in [3.05, 3.63) is 0 Å². The van der Waals surface area contributed by atoms with Gasteiger partial charge in [0.1, 0.15) is 0 Å². The summed E-state index contributed by atoms with van der Waals surface area (Å²) >= 11 is 0. The fourth-order valence-corrected chi connectivity index (χ4v) is 1.91. The summed E-state index contributed by atoms with van der Waals surface area (Å²) in [5.41, 5.74) is -0.469. The number of rotatable bonds is 2. The standard InChI is InChI=1S/C12H21NO4/c1-9(2)17-11(15)13-7-5-12(3,6-8-13)10(14)16-4/h9H,5-8H2,1-4H3. The molecule has 0 radical (unpaired) electrons. The van der Waals surface area contributed by atoms with Crippen LogP contribution in [-0.4, -0.2) is 43.3 Å². The van der Waals surface area contributed by atoms with E-state index in [1.165, 1.54) is 7.11 Å². The van der Waals surface area contributed by atoms with E-state index in [0.29, 0.717) is 25.9 Å². The molecule has 0 aromatic rings. The maximum Gasteiger partial charge on any atom is 0.410 e. The molecule has 0 unspecified atom stereocenters. The van der Waals surface area contributed by atoms with E-state index < -0.39 is 5.41 Å². The third-order valence-corrected chi connectivity index (χ3v) is 3.14. The number of likely N-dealkylation sites (tertiary alicyclic amines) is 1. The summed E-state index contributed by atoms with van der Waals surface area (Å²) in [6, 6.07) is 0. The summed E-state index contributed by atoms with van der Waals surface area (Å²) in [5, 5.41) is 0. The molecule has 1 rings (SSSR count). The quantitative estimate of drug-likeness (QED) is 0.694. The monoisotopic (exact) mass is 243 g/mol. The summed E-state index contributed by atoms with van der Waals surface area (Å²) in [6.45, 7) is 6.60. The van der Waals surface area contributed by atoms with Crippen molar-refractivity contribution in [2.75, 3.05) is 20.2 Å². The van der Waals surface area contributed by atoms with Crippen LogP contribution in [0.15, 0.2) is 0 Å². The highest BCUT2D eigenvalue weighted by molar-refractivity contribution is 5.77. The first-order valence-electron chi connectivity index (χ1n) is 5.93. The van der Waals surface area contributed by atoms with Crippen LogP contribution in [0, 0.1) is 5.41 Å². The molecule has 98 valence electrons. The predicted molar refractivity (Wildman–Crippen MR) is 62.5 cm³/mol. The van der Waals surface area contributed by atoms with Crippen LogP contribution in [-0.2, 0) is 14.3 Å². The summed E-state index contributed by atoms with van der Waals surface area (Å²) in [6.07, 6.45) is 0.822. The van der Waals surface area contributed by atoms with Crippen molar-refractivity contribution in [2.45, 2.75) is 39.7 Å². The number of esters is 1. The number of piperidine rings is 1. The molecule has 1 aliphatic rings. The molecule has 1 aliphatic heterocycles. The third kappa shape index (κ3) is 3.35. The lowest BCUT2D eigenvalue weighted by molar-refractivity contribution is -0.154. The van der Waals surface area contributed by atoms with Gasteiger partial charge in [-0.25, -0.2) is 4.79 Å². The largest absolute Gasteiger partial charge is 0.469 e. The number of ether oxygens (including phenoxy) is 2. The van der Waals surface area contributed by atoms with Crippen LogP contribution < -0.4 is 0 Å². The predicted octanol–water partition coefficient (Wildman–Crippen LogP) is 1.81. The van der Waals surface area contributed by atoms with Crippen LogP contribution in [0.5, 0.6) is 0 Å². The Labute approximate surface area is 102 Å². The van der Waals surface area contributed by atoms with Crippen LogP contribution in [0.2, 0.25) is 0 Å². The lowest BCUT2D eigenvalue weighted by atomic mass is 9.80. The zero-order valence-electron chi connectivity index (χ0n) is 11.0. The second-order valence-corrected chi connectivity index (χ2v) is 4.97. The fourth-order valence-electron chi connectivity index (χ4n) is 1.91. The van der Waals surface area contributed by atoms with Gasteiger partial charge in [-0.05, 0) is 33.6 Å². The second kappa shape index (κ2) is 5.38. The molecule has 1 heterocycles. The third-order valence-electron chi connectivity index (χ3n) is 3.14. The molecule has 5 heteroatoms. The Balaban J connectivity index is 2.50. The van der Waals surface area contributed by atoms with Crippen molar-refractivity contribution in [2.24, 2.45) is 5.41 Å². The smallest absolute Gasteiger partial charge is 0.410 e. The second-order valence-electron chi connectivity index (χ2n) is 4.97. The number of carbonyl (C=O) groups is 2. The Morgan fingerprint density at radius 3 is 2.18 bits per heavy atom. The van der Waals surface area contributed by atoms with Gasteiger partial charge in [0.25, 0.3) is 0 Å². The molecule has 0 aromatic carbocycles. The highest BCUT2D eigenvalue weighted by atomic mass is 16.6. The molecule has 0 saturated carbocycles. The van der Waals surface area contributed by atoms with E-state index in [4.69, 9.17) is 9.47 Å². The SMILES string of the molecule is COC(=O)C1(C)CCN(C(=O)OC(C)C)CC1. The van der Waals surface area contributed by atoms with Gasteiger partial charge in [0.2, 0.25) is 0 Å². The number of methoxy groups -OCH3 is 1. The molecule has 17 heavy (non-hydrogen) atoms. The van der Waals surface area contributed by atoms with Crippen molar-refractivity contribution < 1.29 is 19.1 Å². The molecular formula is C12H21NO4. The highest BCUT2D eigenvalue weighted by Gasteiger charge is 2.39. The first-order valence-corrected chi connectivity index (χ1v) is 5.93. The first-order chi connectivity index (χ1) is 7.89. The number of carbonyl (C=O) groups excluding carboxylic acids is 2. The Bertz CT molecular complexity index is 293. The Hall–Kier alpha value is -1.26. The molecular weight excluding hydrogens is 222 g/mol. The minimum atomic E-state index is -0.469. The number of amides is 1. The van der Waals surface area contributed by atoms with Crippen LogP contribution in [0.3, 0.4) is 0 Å². The van der Waals surface area contributed by atoms with Gasteiger partial charge in [0, 0.05) is 13.1 Å². The molecule has 5 nitrogen and oxygen atoms in total. The van der Waals surface area contributed by atoms with E-state index in [0.717, 1.165) is 0 Å². The topological polar surface area (TPSA) is 55.8 Å². The summed E-state index contributed by atoms with van der Waals surface area (Å²) < 4.78 is 9.89. The van der Waals surface area contributed by atoms with E-state index in [-0.39, 0.29) is 18.2 Å². The van der Waals surface area contributed by atoms with Gasteiger partial charge in [0.15, 0.2) is 0 Å². The van der Waals surface area contributed by atoms with Gasteiger partial charge in [0.05, 0.1) is 18.6 Å². The Morgan fingerprint density at radius 2 is 1.76 bits per heavy atom. The zero-order valence-corrected chi connectivity index (χ0v) is 11.0. The van der Waals surface area contributed by atoms with E-state index in [1.807, 2.05) is 20.8 Å². The van der Waals surface area contributed by atoms with E-state index in [1.54, 1.807) is 4.90 Å². The van der Waals surface area contributed by atoms with Gasteiger partial charge >= 0.3 is 12.1 Å². The average molecular weight is 243 g/mol. The number of nitrogens with zero attached hydrogens (tertiary/aromatic N) is 1. The Kier molecular flexibility index (Phi) is 4.37. The normalized spacial score (nSPS) is 19.0. The summed E-state index contributed by atoms with van der Waals surface area (Å²) in [5.74, 6) is -0.200. The number of hydrogen-bond acceptors (Lipinski definition) is 4. The summed E-state index contributed by atoms with van der Waals surface area (Å²) in [4.78, 5) is 24.9. The van der Waals surface area contributed by atoms with Crippen LogP contribution in [0.4, 0.5) is 4.79 Å². The fraction of sp³-hybridized carbons (Fsp3) is 0.833. The molecule has 0 aliphatic carbocycles. The van der Waals surface area contributed by atoms with E-state index in [2.05, 4.69) is 0 Å². The lowest BCUT2D eigenvalue weighted by Crippen LogP contribution is -2.46. The zero-order chi connectivity index (χ0) is 13.1. The van der Waals surface area contributed by atoms with Crippen molar-refractivity contribution >= 4 is 12.1 Å². The van der Waals surface area contributed by atoms with Gasteiger partial charge in [-0.3, -0.25) is 4.79 Å². The van der Waals surface area contributed by atoms with Gasteiger partial charge in [-0.1, -0.05) is 0 Å². The molecule has 1 saturated heterocycles. The minimum absolute atomic E-state index is 0.114. The molecule has 0 N–H and O–H groups in total. The van der Waals surface area contributed by atoms with E-state index >= 15 is 0 Å². The van der Waals surface area contributed by atoms with Crippen molar-refractivity contribution in [3.8, 4) is 0 Å². The van der Waals surface area contributed by atoms with Crippen molar-refractivity contribution in [1.82, 2.24) is 4.90 Å². The van der Waals surface area contributed by atoms with Gasteiger partial charge < -0.3 is 14.4 Å². The van der Waals surface area contributed by atoms with Gasteiger partial charge in [-0.15, -0.1) is 0 Å². The van der Waals surface area contributed by atoms with Crippen LogP contribution >= 0.6 is 0 Å². The molecule has 1 fully saturated rings. The molecule has 0 bridgehead atoms. The van der Waals surface area contributed by atoms with Gasteiger partial charge in [-0.2, -0.15) is 0 Å². The first kappa shape index (κ1) is 13.8. The highest BCUT2D eigenvalue weighted by Crippen LogP contribution is 2.32. The molecule has 0 atom stereocenters. The van der Waals surface area contributed by atoms with Crippen LogP contribution in [0.1, 0.15) is 33.6 Å². The average Bonchev–Trinajstić information content (AvgIpc) is 2.27. The maximum atomic E-state index is 11.6.